The van der Waals surface area contributed by atoms with Crippen molar-refractivity contribution in [1.29, 1.82) is 0 Å². The van der Waals surface area contributed by atoms with Crippen molar-refractivity contribution in [2.75, 3.05) is 46.0 Å². The molecule has 0 aromatic heterocycles. The summed E-state index contributed by atoms with van der Waals surface area (Å²) < 4.78 is 11.6. The lowest BCUT2D eigenvalue weighted by atomic mass is 9.94. The summed E-state index contributed by atoms with van der Waals surface area (Å²) in [5, 5.41) is 7.44. The van der Waals surface area contributed by atoms with Gasteiger partial charge in [-0.3, -0.25) is 0 Å². The van der Waals surface area contributed by atoms with Gasteiger partial charge in [0.05, 0.1) is 13.2 Å². The summed E-state index contributed by atoms with van der Waals surface area (Å²) in [5.74, 6) is 1.65. The molecular weight excluding hydrogens is 374 g/mol. The molecule has 28 heavy (non-hydrogen) atoms. The summed E-state index contributed by atoms with van der Waals surface area (Å²) in [6, 6.07) is 9.68. The number of nitrogens with one attached hydrogen (secondary N) is 2. The summed E-state index contributed by atoms with van der Waals surface area (Å²) >= 11 is 0. The van der Waals surface area contributed by atoms with E-state index < -0.39 is 0 Å². The van der Waals surface area contributed by atoms with Crippen LogP contribution in [-0.4, -0.2) is 63.0 Å². The molecule has 1 aromatic carbocycles. The number of halogens is 1. The minimum Gasteiger partial charge on any atom is -0.492 e. The lowest BCUT2D eigenvalue weighted by Gasteiger charge is -2.33. The molecule has 0 spiro atoms. The molecule has 160 valence electrons. The maximum atomic E-state index is 5.89. The smallest absolute Gasteiger partial charge is 0.119 e. The van der Waals surface area contributed by atoms with Gasteiger partial charge in [0, 0.05) is 31.7 Å². The molecule has 1 saturated carbocycles. The van der Waals surface area contributed by atoms with E-state index in [0.717, 1.165) is 58.3 Å². The van der Waals surface area contributed by atoms with Crippen molar-refractivity contribution in [2.24, 2.45) is 5.92 Å². The minimum atomic E-state index is 0. The molecule has 1 aliphatic heterocycles. The van der Waals surface area contributed by atoms with E-state index in [2.05, 4.69) is 53.6 Å². The fourth-order valence-corrected chi connectivity index (χ4v) is 4.37. The third-order valence-corrected chi connectivity index (χ3v) is 6.10. The van der Waals surface area contributed by atoms with Crippen molar-refractivity contribution in [3.8, 4) is 5.75 Å². The number of rotatable bonds is 10. The van der Waals surface area contributed by atoms with Crippen LogP contribution >= 0.6 is 12.4 Å². The first kappa shape index (κ1) is 23.4. The molecule has 1 aromatic rings. The summed E-state index contributed by atoms with van der Waals surface area (Å²) in [6.45, 7) is 11.9. The van der Waals surface area contributed by atoms with E-state index in [1.807, 2.05) is 0 Å². The average molecular weight is 412 g/mol. The van der Waals surface area contributed by atoms with Crippen LogP contribution in [0.5, 0.6) is 5.75 Å². The van der Waals surface area contributed by atoms with Crippen LogP contribution < -0.4 is 15.4 Å². The molecule has 6 heteroatoms. The van der Waals surface area contributed by atoms with Crippen LogP contribution in [0.1, 0.15) is 38.7 Å². The van der Waals surface area contributed by atoms with Gasteiger partial charge in [-0.1, -0.05) is 32.4 Å². The highest BCUT2D eigenvalue weighted by Gasteiger charge is 2.34. The van der Waals surface area contributed by atoms with Crippen LogP contribution in [0, 0.1) is 5.92 Å². The van der Waals surface area contributed by atoms with Crippen LogP contribution in [-0.2, 0) is 11.3 Å². The topological polar surface area (TPSA) is 45.8 Å². The highest BCUT2D eigenvalue weighted by atomic mass is 35.5. The number of nitrogens with zero attached hydrogens (tertiary/aromatic N) is 1. The lowest BCUT2D eigenvalue weighted by molar-refractivity contribution is 0.0524. The quantitative estimate of drug-likeness (QED) is 0.619. The van der Waals surface area contributed by atoms with Gasteiger partial charge in [-0.25, -0.2) is 0 Å². The Hall–Kier alpha value is -0.850. The van der Waals surface area contributed by atoms with Crippen LogP contribution in [0.15, 0.2) is 24.3 Å². The predicted molar refractivity (Wildman–Crippen MR) is 118 cm³/mol. The molecule has 5 nitrogen and oxygen atoms in total. The molecule has 2 N–H and O–H groups in total. The normalized spacial score (nSPS) is 24.9. The fraction of sp³-hybridized carbons (Fsp3) is 0.727. The molecule has 1 heterocycles. The molecule has 1 saturated heterocycles. The zero-order valence-electron chi connectivity index (χ0n) is 17.5. The van der Waals surface area contributed by atoms with Gasteiger partial charge in [0.25, 0.3) is 0 Å². The number of hydrogen-bond donors (Lipinski definition) is 2. The van der Waals surface area contributed by atoms with E-state index in [0.29, 0.717) is 18.0 Å². The Kier molecular flexibility index (Phi) is 10.6. The summed E-state index contributed by atoms with van der Waals surface area (Å²) in [5.41, 5.74) is 1.32. The van der Waals surface area contributed by atoms with E-state index in [1.165, 1.54) is 24.8 Å². The highest BCUT2D eigenvalue weighted by molar-refractivity contribution is 5.85. The van der Waals surface area contributed by atoms with Gasteiger partial charge in [0.2, 0.25) is 0 Å². The first-order valence-electron chi connectivity index (χ1n) is 10.8. The largest absolute Gasteiger partial charge is 0.492 e. The van der Waals surface area contributed by atoms with Crippen LogP contribution in [0.3, 0.4) is 0 Å². The first-order chi connectivity index (χ1) is 13.3. The predicted octanol–water partition coefficient (Wildman–Crippen LogP) is 3.08. The van der Waals surface area contributed by atoms with E-state index in [4.69, 9.17) is 9.47 Å². The van der Waals surface area contributed by atoms with Crippen LogP contribution in [0.25, 0.3) is 0 Å². The Balaban J connectivity index is 0.00000280. The highest BCUT2D eigenvalue weighted by Crippen LogP contribution is 2.29. The SMILES string of the molecule is CCN(CC)CCOc1ccc(CNC2CCCC2C2COCCN2)cc1.Cl. The monoisotopic (exact) mass is 411 g/mol. The molecule has 1 aliphatic carbocycles. The Morgan fingerprint density at radius 3 is 2.64 bits per heavy atom. The van der Waals surface area contributed by atoms with E-state index >= 15 is 0 Å². The molecule has 0 bridgehead atoms. The second-order valence-electron chi connectivity index (χ2n) is 7.74. The average Bonchev–Trinajstić information content (AvgIpc) is 3.20. The van der Waals surface area contributed by atoms with Crippen molar-refractivity contribution < 1.29 is 9.47 Å². The van der Waals surface area contributed by atoms with Crippen LogP contribution in [0.2, 0.25) is 0 Å². The molecule has 0 radical (unpaired) electrons. The fourth-order valence-electron chi connectivity index (χ4n) is 4.37. The van der Waals surface area contributed by atoms with Gasteiger partial charge < -0.3 is 25.0 Å². The molecular formula is C22H38ClN3O2. The standard InChI is InChI=1S/C22H37N3O2.ClH/c1-3-25(4-2)13-15-27-19-10-8-18(9-11-19)16-24-21-7-5-6-20(21)22-17-26-14-12-23-22;/h8-11,20-24H,3-7,12-17H2,1-2H3;1H. The Labute approximate surface area is 176 Å². The van der Waals surface area contributed by atoms with Gasteiger partial charge in [0.1, 0.15) is 12.4 Å². The van der Waals surface area contributed by atoms with Crippen molar-refractivity contribution in [2.45, 2.75) is 51.7 Å². The third-order valence-electron chi connectivity index (χ3n) is 6.10. The number of ether oxygens (including phenoxy) is 2. The lowest BCUT2D eigenvalue weighted by Crippen LogP contribution is -2.50. The Morgan fingerprint density at radius 2 is 1.96 bits per heavy atom. The molecule has 3 unspecified atom stereocenters. The van der Waals surface area contributed by atoms with Gasteiger partial charge in [0.15, 0.2) is 0 Å². The van der Waals surface area contributed by atoms with Gasteiger partial charge in [-0.15, -0.1) is 12.4 Å². The van der Waals surface area contributed by atoms with Gasteiger partial charge >= 0.3 is 0 Å². The summed E-state index contributed by atoms with van der Waals surface area (Å²) in [6.07, 6.45) is 3.90. The van der Waals surface area contributed by atoms with Crippen molar-refractivity contribution >= 4 is 12.4 Å². The molecule has 0 amide bonds. The molecule has 3 atom stereocenters. The van der Waals surface area contributed by atoms with Gasteiger partial charge in [-0.05, 0) is 49.5 Å². The Bertz CT molecular complexity index is 533. The van der Waals surface area contributed by atoms with Crippen LogP contribution in [0.4, 0.5) is 0 Å². The van der Waals surface area contributed by atoms with Crippen molar-refractivity contribution in [3.63, 3.8) is 0 Å². The van der Waals surface area contributed by atoms with E-state index in [-0.39, 0.29) is 12.4 Å². The van der Waals surface area contributed by atoms with Crippen molar-refractivity contribution in [1.82, 2.24) is 15.5 Å². The number of morpholine rings is 1. The molecule has 2 fully saturated rings. The maximum absolute atomic E-state index is 5.89. The zero-order chi connectivity index (χ0) is 18.9. The number of hydrogen-bond acceptors (Lipinski definition) is 5. The van der Waals surface area contributed by atoms with E-state index in [1.54, 1.807) is 0 Å². The molecule has 3 rings (SSSR count). The number of likely N-dealkylation sites (N-methyl/N-ethyl adjacent to an activating group) is 1. The third kappa shape index (κ3) is 6.89. The Morgan fingerprint density at radius 1 is 1.18 bits per heavy atom. The second-order valence-corrected chi connectivity index (χ2v) is 7.74. The second kappa shape index (κ2) is 12.7. The minimum absolute atomic E-state index is 0. The maximum Gasteiger partial charge on any atom is 0.119 e. The van der Waals surface area contributed by atoms with Gasteiger partial charge in [-0.2, -0.15) is 0 Å². The summed E-state index contributed by atoms with van der Waals surface area (Å²) in [4.78, 5) is 2.38. The number of benzene rings is 1. The van der Waals surface area contributed by atoms with Crippen molar-refractivity contribution in [3.05, 3.63) is 29.8 Å². The van der Waals surface area contributed by atoms with E-state index in [9.17, 15) is 0 Å². The zero-order valence-corrected chi connectivity index (χ0v) is 18.3. The first-order valence-corrected chi connectivity index (χ1v) is 10.8. The molecule has 2 aliphatic rings. The summed E-state index contributed by atoms with van der Waals surface area (Å²) in [7, 11) is 0.